The first-order valence-corrected chi connectivity index (χ1v) is 13.7. The Labute approximate surface area is 205 Å². The van der Waals surface area contributed by atoms with Crippen molar-refractivity contribution in [1.29, 1.82) is 0 Å². The van der Waals surface area contributed by atoms with Crippen molar-refractivity contribution in [1.82, 2.24) is 0 Å². The van der Waals surface area contributed by atoms with Crippen molar-refractivity contribution in [2.45, 2.75) is 76.2 Å². The van der Waals surface area contributed by atoms with E-state index in [1.807, 2.05) is 0 Å². The molecule has 0 bridgehead atoms. The second-order valence-corrected chi connectivity index (χ2v) is 14.1. The molecular formula is C28H39GeN2P. The normalized spacial score (nSPS) is 12.8. The van der Waals surface area contributed by atoms with E-state index in [0.717, 1.165) is 11.4 Å². The van der Waals surface area contributed by atoms with Gasteiger partial charge in [0.25, 0.3) is 0 Å². The van der Waals surface area contributed by atoms with Crippen LogP contribution in [-0.2, 0) is 0 Å². The summed E-state index contributed by atoms with van der Waals surface area (Å²) in [5.74, 6) is 0. The third-order valence-electron chi connectivity index (χ3n) is 5.53. The van der Waals surface area contributed by atoms with Gasteiger partial charge in [0, 0.05) is 0 Å². The van der Waals surface area contributed by atoms with Crippen LogP contribution in [0, 0.1) is 47.0 Å². The van der Waals surface area contributed by atoms with Crippen LogP contribution in [0.5, 0.6) is 0 Å². The zero-order valence-electron chi connectivity index (χ0n) is 21.8. The Kier molecular flexibility index (Phi) is 8.76. The van der Waals surface area contributed by atoms with Crippen LogP contribution in [-0.4, -0.2) is 25.5 Å². The monoisotopic (exact) mass is 508 g/mol. The van der Waals surface area contributed by atoms with Crippen LogP contribution in [0.3, 0.4) is 0 Å². The van der Waals surface area contributed by atoms with Crippen LogP contribution in [0.1, 0.15) is 68.0 Å². The number of anilines is 1. The number of rotatable bonds is 6. The van der Waals surface area contributed by atoms with E-state index >= 15 is 0 Å². The number of hydrogen-bond acceptors (Lipinski definition) is 2. The molecule has 0 spiro atoms. The van der Waals surface area contributed by atoms with Gasteiger partial charge in [-0.15, -0.1) is 0 Å². The van der Waals surface area contributed by atoms with Crippen LogP contribution in [0.2, 0.25) is 0 Å². The van der Waals surface area contributed by atoms with Crippen molar-refractivity contribution < 1.29 is 0 Å². The summed E-state index contributed by atoms with van der Waals surface area (Å²) in [7, 11) is 4.01. The predicted molar refractivity (Wildman–Crippen MR) is 149 cm³/mol. The van der Waals surface area contributed by atoms with Crippen molar-refractivity contribution in [3.05, 3.63) is 69.4 Å². The second kappa shape index (κ2) is 10.5. The average Bonchev–Trinajstić information content (AvgIpc) is 2.62. The molecule has 170 valence electrons. The van der Waals surface area contributed by atoms with Crippen LogP contribution >= 0.6 is 8.86 Å². The van der Waals surface area contributed by atoms with Crippen molar-refractivity contribution in [3.63, 3.8) is 0 Å². The number of hydrogen-bond donors (Lipinski definition) is 0. The third-order valence-corrected chi connectivity index (χ3v) is 10.6. The van der Waals surface area contributed by atoms with Gasteiger partial charge >= 0.3 is 206 Å². The van der Waals surface area contributed by atoms with Gasteiger partial charge in [0.05, 0.1) is 0 Å². The van der Waals surface area contributed by atoms with E-state index in [9.17, 15) is 0 Å². The topological polar surface area (TPSA) is 15.6 Å². The number of aryl methyl sites for hydroxylation is 6. The van der Waals surface area contributed by atoms with Gasteiger partial charge in [-0.1, -0.05) is 0 Å². The summed E-state index contributed by atoms with van der Waals surface area (Å²) in [5, 5.41) is 0. The van der Waals surface area contributed by atoms with E-state index < -0.39 is 15.7 Å². The van der Waals surface area contributed by atoms with Crippen molar-refractivity contribution in [2.24, 2.45) is 10.4 Å². The van der Waals surface area contributed by atoms with Crippen molar-refractivity contribution in [2.75, 3.05) is 3.86 Å². The minimum absolute atomic E-state index is 0.126. The molecule has 0 aromatic heterocycles. The van der Waals surface area contributed by atoms with Crippen LogP contribution in [0.25, 0.3) is 0 Å². The first kappa shape index (κ1) is 26.6. The van der Waals surface area contributed by atoms with E-state index in [1.165, 1.54) is 48.9 Å². The molecule has 0 atom stereocenters. The molecule has 0 unspecified atom stereocenters. The molecule has 0 aliphatic carbocycles. The Hall–Kier alpha value is -1.64. The fourth-order valence-corrected chi connectivity index (χ4v) is 7.28. The summed E-state index contributed by atoms with van der Waals surface area (Å²) >= 11 is -0.594. The summed E-state index contributed by atoms with van der Waals surface area (Å²) < 4.78 is 3.94. The van der Waals surface area contributed by atoms with Crippen molar-refractivity contribution in [3.8, 4) is 0 Å². The first-order valence-electron chi connectivity index (χ1n) is 11.3. The summed E-state index contributed by atoms with van der Waals surface area (Å²) in [6.07, 6.45) is 2.24. The van der Waals surface area contributed by atoms with Gasteiger partial charge in [-0.05, 0) is 0 Å². The van der Waals surface area contributed by atoms with Crippen molar-refractivity contribution >= 4 is 45.7 Å². The van der Waals surface area contributed by atoms with Gasteiger partial charge < -0.3 is 0 Å². The number of nitrogens with zero attached hydrogens (tertiary/aromatic N) is 2. The van der Waals surface area contributed by atoms with Crippen LogP contribution in [0.4, 0.5) is 11.4 Å². The third kappa shape index (κ3) is 6.68. The molecule has 2 nitrogen and oxygen atoms in total. The molecule has 0 fully saturated rings. The van der Waals surface area contributed by atoms with Gasteiger partial charge in [-0.25, -0.2) is 0 Å². The second-order valence-electron chi connectivity index (χ2n) is 10.1. The Morgan fingerprint density at radius 1 is 0.844 bits per heavy atom. The summed E-state index contributed by atoms with van der Waals surface area (Å²) in [5.41, 5.74) is 12.5. The summed E-state index contributed by atoms with van der Waals surface area (Å²) in [6, 6.07) is 9.00. The Morgan fingerprint density at radius 2 is 1.28 bits per heavy atom. The molecule has 0 saturated heterocycles. The van der Waals surface area contributed by atoms with Gasteiger partial charge in [-0.2, -0.15) is 0 Å². The zero-order chi connectivity index (χ0) is 24.4. The molecule has 2 aromatic carbocycles. The van der Waals surface area contributed by atoms with Crippen LogP contribution in [0.15, 0.2) is 41.0 Å². The summed E-state index contributed by atoms with van der Waals surface area (Å²) in [4.78, 5) is 5.01. The zero-order valence-corrected chi connectivity index (χ0v) is 24.9. The number of allylic oxidation sites excluding steroid dienone is 2. The predicted octanol–water partition coefficient (Wildman–Crippen LogP) is 7.98. The van der Waals surface area contributed by atoms with E-state index in [2.05, 4.69) is 119 Å². The molecule has 4 heteroatoms. The van der Waals surface area contributed by atoms with E-state index in [4.69, 9.17) is 4.99 Å². The van der Waals surface area contributed by atoms with E-state index in [-0.39, 0.29) is 5.41 Å². The Morgan fingerprint density at radius 3 is 1.72 bits per heavy atom. The molecule has 0 saturated carbocycles. The SMILES string of the molecule is CC(/C=C(/C)[N]([Ge][C](=P)C(C)(C)C)c1c(C)cc(C)cc1C)=Nc1c(C)cc(C)cc1C. The fraction of sp³-hybridized carbons (Fsp3) is 0.429. The van der Waals surface area contributed by atoms with Gasteiger partial charge in [0.1, 0.15) is 0 Å². The molecule has 2 aromatic rings. The van der Waals surface area contributed by atoms with E-state index in [1.54, 1.807) is 0 Å². The molecule has 0 aliphatic heterocycles. The first-order chi connectivity index (χ1) is 14.7. The molecule has 2 rings (SSSR count). The average molecular weight is 507 g/mol. The quantitative estimate of drug-likeness (QED) is 0.220. The van der Waals surface area contributed by atoms with Crippen LogP contribution < -0.4 is 3.86 Å². The van der Waals surface area contributed by atoms with Gasteiger partial charge in [0.2, 0.25) is 0 Å². The van der Waals surface area contributed by atoms with Gasteiger partial charge in [0.15, 0.2) is 0 Å². The molecule has 0 aliphatic rings. The molecule has 32 heavy (non-hydrogen) atoms. The maximum absolute atomic E-state index is 5.01. The molecule has 2 radical (unpaired) electrons. The Balaban J connectivity index is 2.56. The summed E-state index contributed by atoms with van der Waals surface area (Å²) in [6.45, 7) is 24.2. The molecular weight excluding hydrogens is 468 g/mol. The van der Waals surface area contributed by atoms with E-state index in [0.29, 0.717) is 0 Å². The molecule has 0 amide bonds. The van der Waals surface area contributed by atoms with Gasteiger partial charge in [-0.3, -0.25) is 0 Å². The maximum atomic E-state index is 5.01. The number of benzene rings is 2. The molecule has 0 heterocycles. The number of aliphatic imine (C=N–C) groups is 1. The Bertz CT molecular complexity index is 1040. The standard InChI is InChI=1S/C28H39GeN2P/c1-17-12-19(3)25(20(4)13-17)30-23(7)16-24(8)31(29-27(32)28(9,10)11)26-21(5)14-18(2)15-22(26)6/h12-16,32H,1-11H3/b24-16-,30-23?. The molecule has 0 N–H and O–H groups in total. The minimum atomic E-state index is -0.594. The fourth-order valence-electron chi connectivity index (χ4n) is 4.05.